The molecule has 0 spiro atoms. The van der Waals surface area contributed by atoms with Gasteiger partial charge in [-0.2, -0.15) is 0 Å². The van der Waals surface area contributed by atoms with E-state index in [2.05, 4.69) is 38.0 Å². The summed E-state index contributed by atoms with van der Waals surface area (Å²) in [5, 5.41) is 3.25. The number of nitrogens with one attached hydrogen (secondary N) is 1. The van der Waals surface area contributed by atoms with Gasteiger partial charge in [-0.1, -0.05) is 20.3 Å². The predicted octanol–water partition coefficient (Wildman–Crippen LogP) is 2.04. The van der Waals surface area contributed by atoms with Gasteiger partial charge in [0.2, 0.25) is 0 Å². The highest BCUT2D eigenvalue weighted by atomic mass is 16.5. The van der Waals surface area contributed by atoms with Crippen molar-refractivity contribution in [1.82, 2.24) is 10.2 Å². The molecule has 0 aliphatic carbocycles. The van der Waals surface area contributed by atoms with Gasteiger partial charge < -0.3 is 15.0 Å². The molecule has 0 saturated heterocycles. The Morgan fingerprint density at radius 3 is 2.44 bits per heavy atom. The third-order valence-corrected chi connectivity index (χ3v) is 3.36. The molecule has 1 N–H and O–H groups in total. The molecule has 18 heavy (non-hydrogen) atoms. The summed E-state index contributed by atoms with van der Waals surface area (Å²) in [5.41, 5.74) is 0. The molecule has 108 valence electrons. The molecule has 4 heteroatoms. The van der Waals surface area contributed by atoms with Crippen LogP contribution in [-0.4, -0.2) is 50.2 Å². The number of carbonyl (C=O) groups is 1. The summed E-state index contributed by atoms with van der Waals surface area (Å²) in [5.74, 6) is -0.153. The summed E-state index contributed by atoms with van der Waals surface area (Å²) in [4.78, 5) is 13.9. The third-order valence-electron chi connectivity index (χ3n) is 3.36. The lowest BCUT2D eigenvalue weighted by Crippen LogP contribution is -2.41. The number of hydrogen-bond acceptors (Lipinski definition) is 4. The van der Waals surface area contributed by atoms with Gasteiger partial charge in [-0.3, -0.25) is 4.79 Å². The topological polar surface area (TPSA) is 41.6 Å². The summed E-state index contributed by atoms with van der Waals surface area (Å²) in [6.45, 7) is 8.29. The summed E-state index contributed by atoms with van der Waals surface area (Å²) in [6, 6.07) is 0.394. The fourth-order valence-electron chi connectivity index (χ4n) is 1.96. The zero-order valence-corrected chi connectivity index (χ0v) is 12.7. The molecule has 0 radical (unpaired) electrons. The van der Waals surface area contributed by atoms with Crippen LogP contribution < -0.4 is 5.32 Å². The quantitative estimate of drug-likeness (QED) is 0.609. The molecule has 0 saturated carbocycles. The maximum absolute atomic E-state index is 11.6. The second-order valence-electron chi connectivity index (χ2n) is 4.94. The molecule has 0 rings (SSSR count). The van der Waals surface area contributed by atoms with E-state index in [1.165, 1.54) is 20.0 Å². The van der Waals surface area contributed by atoms with Gasteiger partial charge >= 0.3 is 5.97 Å². The van der Waals surface area contributed by atoms with Crippen molar-refractivity contribution in [2.24, 2.45) is 0 Å². The first-order valence-electron chi connectivity index (χ1n) is 7.08. The highest BCUT2D eigenvalue weighted by Gasteiger charge is 2.19. The van der Waals surface area contributed by atoms with Gasteiger partial charge in [-0.15, -0.1) is 0 Å². The highest BCUT2D eigenvalue weighted by molar-refractivity contribution is 5.75. The van der Waals surface area contributed by atoms with E-state index >= 15 is 0 Å². The molecular formula is C14H30N2O2. The first-order valence-corrected chi connectivity index (χ1v) is 7.08. The van der Waals surface area contributed by atoms with Gasteiger partial charge in [-0.25, -0.2) is 0 Å². The normalized spacial score (nSPS) is 14.6. The monoisotopic (exact) mass is 258 g/mol. The van der Waals surface area contributed by atoms with Crippen LogP contribution in [-0.2, 0) is 9.53 Å². The lowest BCUT2D eigenvalue weighted by molar-refractivity contribution is -0.143. The van der Waals surface area contributed by atoms with E-state index in [9.17, 15) is 4.79 Å². The Labute approximate surface area is 112 Å². The fraction of sp³-hybridized carbons (Fsp3) is 0.929. The van der Waals surface area contributed by atoms with Crippen LogP contribution in [0.2, 0.25) is 0 Å². The van der Waals surface area contributed by atoms with E-state index in [4.69, 9.17) is 4.74 Å². The highest BCUT2D eigenvalue weighted by Crippen LogP contribution is 2.06. The van der Waals surface area contributed by atoms with Crippen LogP contribution >= 0.6 is 0 Å². The second-order valence-corrected chi connectivity index (χ2v) is 4.94. The van der Waals surface area contributed by atoms with Crippen molar-refractivity contribution in [2.75, 3.05) is 27.2 Å². The van der Waals surface area contributed by atoms with E-state index in [0.29, 0.717) is 6.04 Å². The Balaban J connectivity index is 4.11. The summed E-state index contributed by atoms with van der Waals surface area (Å²) < 4.78 is 4.83. The predicted molar refractivity (Wildman–Crippen MR) is 75.7 cm³/mol. The molecule has 0 amide bonds. The number of carbonyl (C=O) groups excluding carboxylic acids is 1. The summed E-state index contributed by atoms with van der Waals surface area (Å²) in [7, 11) is 3.57. The summed E-state index contributed by atoms with van der Waals surface area (Å²) in [6.07, 6.45) is 4.22. The Morgan fingerprint density at radius 1 is 1.28 bits per heavy atom. The first-order chi connectivity index (χ1) is 8.56. The molecule has 2 unspecified atom stereocenters. The van der Waals surface area contributed by atoms with E-state index in [0.717, 1.165) is 25.9 Å². The van der Waals surface area contributed by atoms with Gasteiger partial charge in [0.25, 0.3) is 0 Å². The Bertz CT molecular complexity index is 222. The molecule has 0 aromatic rings. The van der Waals surface area contributed by atoms with Crippen LogP contribution in [0.3, 0.4) is 0 Å². The number of nitrogens with zero attached hydrogens (tertiary/aromatic N) is 1. The molecule has 0 aromatic heterocycles. The second kappa shape index (κ2) is 10.3. The molecule has 0 fully saturated rings. The molecule has 0 bridgehead atoms. The summed E-state index contributed by atoms with van der Waals surface area (Å²) >= 11 is 0. The average Bonchev–Trinajstić information content (AvgIpc) is 2.37. The van der Waals surface area contributed by atoms with Crippen LogP contribution in [0.1, 0.15) is 46.5 Å². The maximum atomic E-state index is 11.6. The van der Waals surface area contributed by atoms with Crippen LogP contribution in [0.4, 0.5) is 0 Å². The van der Waals surface area contributed by atoms with Gasteiger partial charge in [-0.05, 0) is 39.8 Å². The standard InChI is InChI=1S/C14H30N2O2/c1-6-8-12(3)16(4)11-9-13(14(17)18-5)15-10-7-2/h12-13,15H,6-11H2,1-5H3. The van der Waals surface area contributed by atoms with Crippen molar-refractivity contribution in [3.8, 4) is 0 Å². The minimum absolute atomic E-state index is 0.153. The van der Waals surface area contributed by atoms with E-state index in [-0.39, 0.29) is 12.0 Å². The Morgan fingerprint density at radius 2 is 1.94 bits per heavy atom. The van der Waals surface area contributed by atoms with Crippen LogP contribution in [0.15, 0.2) is 0 Å². The average molecular weight is 258 g/mol. The minimum atomic E-state index is -0.175. The molecular weight excluding hydrogens is 228 g/mol. The number of esters is 1. The Hall–Kier alpha value is -0.610. The van der Waals surface area contributed by atoms with Crippen LogP contribution in [0.25, 0.3) is 0 Å². The van der Waals surface area contributed by atoms with Gasteiger partial charge in [0.1, 0.15) is 6.04 Å². The molecule has 0 heterocycles. The first kappa shape index (κ1) is 17.4. The third kappa shape index (κ3) is 6.97. The smallest absolute Gasteiger partial charge is 0.322 e. The Kier molecular flexibility index (Phi) is 9.98. The van der Waals surface area contributed by atoms with Crippen molar-refractivity contribution in [1.29, 1.82) is 0 Å². The number of methoxy groups -OCH3 is 1. The van der Waals surface area contributed by atoms with Crippen molar-refractivity contribution >= 4 is 5.97 Å². The van der Waals surface area contributed by atoms with Crippen LogP contribution in [0.5, 0.6) is 0 Å². The van der Waals surface area contributed by atoms with E-state index in [1.54, 1.807) is 0 Å². The fourth-order valence-corrected chi connectivity index (χ4v) is 1.96. The molecule has 2 atom stereocenters. The number of rotatable bonds is 10. The van der Waals surface area contributed by atoms with Crippen molar-refractivity contribution < 1.29 is 9.53 Å². The minimum Gasteiger partial charge on any atom is -0.468 e. The molecule has 0 aromatic carbocycles. The van der Waals surface area contributed by atoms with Crippen molar-refractivity contribution in [2.45, 2.75) is 58.5 Å². The van der Waals surface area contributed by atoms with E-state index < -0.39 is 0 Å². The van der Waals surface area contributed by atoms with Gasteiger partial charge in [0, 0.05) is 12.6 Å². The lowest BCUT2D eigenvalue weighted by atomic mass is 10.1. The molecule has 4 nitrogen and oxygen atoms in total. The van der Waals surface area contributed by atoms with Crippen molar-refractivity contribution in [3.05, 3.63) is 0 Å². The van der Waals surface area contributed by atoms with Gasteiger partial charge in [0.05, 0.1) is 7.11 Å². The largest absolute Gasteiger partial charge is 0.468 e. The lowest BCUT2D eigenvalue weighted by Gasteiger charge is -2.26. The van der Waals surface area contributed by atoms with Gasteiger partial charge in [0.15, 0.2) is 0 Å². The SMILES string of the molecule is CCCNC(CCN(C)C(C)CCC)C(=O)OC. The van der Waals surface area contributed by atoms with E-state index in [1.807, 2.05) is 0 Å². The zero-order chi connectivity index (χ0) is 14.0. The van der Waals surface area contributed by atoms with Crippen LogP contribution in [0, 0.1) is 0 Å². The molecule has 0 aliphatic rings. The molecule has 0 aliphatic heterocycles. The van der Waals surface area contributed by atoms with Crippen molar-refractivity contribution in [3.63, 3.8) is 0 Å². The number of ether oxygens (including phenoxy) is 1. The maximum Gasteiger partial charge on any atom is 0.322 e. The zero-order valence-electron chi connectivity index (χ0n) is 12.7. The number of hydrogen-bond donors (Lipinski definition) is 1.